The number of benzene rings is 1. The van der Waals surface area contributed by atoms with E-state index in [1.54, 1.807) is 0 Å². The van der Waals surface area contributed by atoms with Crippen LogP contribution in [0.1, 0.15) is 86.8 Å². The third-order valence-corrected chi connectivity index (χ3v) is 7.58. The number of ether oxygens (including phenoxy) is 1. The van der Waals surface area contributed by atoms with E-state index in [-0.39, 0.29) is 5.91 Å². The van der Waals surface area contributed by atoms with Crippen LogP contribution in [0.2, 0.25) is 0 Å². The lowest BCUT2D eigenvalue weighted by Gasteiger charge is -2.39. The van der Waals surface area contributed by atoms with Crippen molar-refractivity contribution in [2.45, 2.75) is 97.4 Å². The fourth-order valence-corrected chi connectivity index (χ4v) is 5.72. The van der Waals surface area contributed by atoms with Gasteiger partial charge < -0.3 is 14.7 Å². The summed E-state index contributed by atoms with van der Waals surface area (Å²) >= 11 is 2.26. The highest BCUT2D eigenvalue weighted by Gasteiger charge is 2.36. The summed E-state index contributed by atoms with van der Waals surface area (Å²) in [6.07, 6.45) is 5.14. The number of carboxylic acids is 1. The second kappa shape index (κ2) is 8.53. The van der Waals surface area contributed by atoms with Crippen LogP contribution in [-0.4, -0.2) is 33.5 Å². The van der Waals surface area contributed by atoms with E-state index in [2.05, 4.69) is 27.5 Å². The van der Waals surface area contributed by atoms with E-state index in [1.807, 2.05) is 34.6 Å². The van der Waals surface area contributed by atoms with Crippen LogP contribution < -0.4 is 0 Å². The maximum Gasteiger partial charge on any atom is 0.337 e. The van der Waals surface area contributed by atoms with Gasteiger partial charge in [-0.05, 0) is 92.3 Å². The predicted molar refractivity (Wildman–Crippen MR) is 121 cm³/mol. The number of fused-ring (bicyclic) bond motifs is 1. The lowest BCUT2D eigenvalue weighted by Crippen LogP contribution is -2.45. The fraction of sp³-hybridized carbons (Fsp3) is 0.652. The molecule has 1 N–H and O–H groups in total. The molecule has 2 aliphatic rings. The van der Waals surface area contributed by atoms with Crippen molar-refractivity contribution >= 4 is 34.5 Å². The van der Waals surface area contributed by atoms with Gasteiger partial charge in [0.2, 0.25) is 5.91 Å². The van der Waals surface area contributed by atoms with Crippen molar-refractivity contribution in [2.24, 2.45) is 0 Å². The summed E-state index contributed by atoms with van der Waals surface area (Å²) in [5.74, 6) is -0.825. The molecule has 0 aromatic heterocycles. The highest BCUT2D eigenvalue weighted by molar-refractivity contribution is 14.1. The Hall–Kier alpha value is -1.15. The van der Waals surface area contributed by atoms with Crippen molar-refractivity contribution in [3.8, 4) is 0 Å². The zero-order valence-electron chi connectivity index (χ0n) is 18.1. The van der Waals surface area contributed by atoms with Gasteiger partial charge in [-0.15, -0.1) is 0 Å². The maximum atomic E-state index is 13.0. The van der Waals surface area contributed by atoms with Gasteiger partial charge in [0, 0.05) is 21.7 Å². The Kier molecular flexibility index (Phi) is 6.63. The molecule has 1 aromatic carbocycles. The summed E-state index contributed by atoms with van der Waals surface area (Å²) in [5.41, 5.74) is 4.28. The molecule has 29 heavy (non-hydrogen) atoms. The molecule has 0 saturated heterocycles. The smallest absolute Gasteiger partial charge is 0.337 e. The first-order valence-electron chi connectivity index (χ1n) is 10.5. The van der Waals surface area contributed by atoms with Crippen LogP contribution in [0.15, 0.2) is 0 Å². The summed E-state index contributed by atoms with van der Waals surface area (Å²) in [7, 11) is 0. The van der Waals surface area contributed by atoms with Crippen molar-refractivity contribution in [3.05, 3.63) is 31.4 Å². The van der Waals surface area contributed by atoms with Gasteiger partial charge in [-0.1, -0.05) is 19.3 Å². The van der Waals surface area contributed by atoms with Crippen LogP contribution in [0.25, 0.3) is 0 Å². The highest BCUT2D eigenvalue weighted by Crippen LogP contribution is 2.39. The van der Waals surface area contributed by atoms with Crippen molar-refractivity contribution in [2.75, 3.05) is 0 Å². The standard InChI is InChI=1S/C23H32INO4/c1-13-16-11-18(26)25(15-9-7-6-8-10-15)12-17(16)14(2)20(24)19(13)21(22(27)28)29-23(3,4)5/h15,21H,6-12H2,1-5H3,(H,27,28). The number of carbonyl (C=O) groups is 2. The molecule has 1 unspecified atom stereocenters. The summed E-state index contributed by atoms with van der Waals surface area (Å²) in [6.45, 7) is 10.2. The van der Waals surface area contributed by atoms with Crippen LogP contribution in [0.3, 0.4) is 0 Å². The Labute approximate surface area is 187 Å². The molecule has 5 nitrogen and oxygen atoms in total. The van der Waals surface area contributed by atoms with Gasteiger partial charge >= 0.3 is 5.97 Å². The van der Waals surface area contributed by atoms with E-state index in [0.717, 1.165) is 33.1 Å². The topological polar surface area (TPSA) is 66.8 Å². The first-order chi connectivity index (χ1) is 13.5. The number of rotatable bonds is 4. The fourth-order valence-electron chi connectivity index (χ4n) is 4.70. The van der Waals surface area contributed by atoms with Crippen molar-refractivity contribution in [3.63, 3.8) is 0 Å². The zero-order valence-corrected chi connectivity index (χ0v) is 20.3. The molecule has 1 saturated carbocycles. The van der Waals surface area contributed by atoms with E-state index in [4.69, 9.17) is 4.74 Å². The summed E-state index contributed by atoms with van der Waals surface area (Å²) in [5, 5.41) is 9.89. The summed E-state index contributed by atoms with van der Waals surface area (Å²) in [4.78, 5) is 27.2. The molecule has 1 atom stereocenters. The molecule has 160 valence electrons. The third kappa shape index (κ3) is 4.63. The summed E-state index contributed by atoms with van der Waals surface area (Å²) < 4.78 is 6.87. The second-order valence-corrected chi connectivity index (χ2v) is 10.5. The lowest BCUT2D eigenvalue weighted by atomic mass is 9.84. The van der Waals surface area contributed by atoms with E-state index < -0.39 is 17.7 Å². The Bertz CT molecular complexity index is 821. The zero-order chi connectivity index (χ0) is 21.5. The minimum atomic E-state index is -1.04. The molecule has 1 heterocycles. The maximum absolute atomic E-state index is 13.0. The molecule has 3 rings (SSSR count). The summed E-state index contributed by atoms with van der Waals surface area (Å²) in [6, 6.07) is 0.345. The van der Waals surface area contributed by atoms with Gasteiger partial charge in [0.25, 0.3) is 0 Å². The number of halogens is 1. The molecule has 0 bridgehead atoms. The van der Waals surface area contributed by atoms with E-state index in [9.17, 15) is 14.7 Å². The molecule has 1 aliphatic heterocycles. The monoisotopic (exact) mass is 513 g/mol. The Morgan fingerprint density at radius 3 is 2.31 bits per heavy atom. The Balaban J connectivity index is 2.05. The van der Waals surface area contributed by atoms with E-state index in [0.29, 0.717) is 24.6 Å². The van der Waals surface area contributed by atoms with Crippen LogP contribution >= 0.6 is 22.6 Å². The van der Waals surface area contributed by atoms with Gasteiger partial charge in [0.15, 0.2) is 6.10 Å². The van der Waals surface area contributed by atoms with Gasteiger partial charge in [-0.25, -0.2) is 4.79 Å². The molecule has 6 heteroatoms. The third-order valence-electron chi connectivity index (χ3n) is 6.19. The van der Waals surface area contributed by atoms with Gasteiger partial charge in [-0.2, -0.15) is 0 Å². The number of nitrogens with zero attached hydrogens (tertiary/aromatic N) is 1. The minimum absolute atomic E-state index is 0.169. The molecule has 0 radical (unpaired) electrons. The minimum Gasteiger partial charge on any atom is -0.479 e. The van der Waals surface area contributed by atoms with Gasteiger partial charge in [0.1, 0.15) is 0 Å². The number of carbonyl (C=O) groups excluding carboxylic acids is 1. The number of hydrogen-bond donors (Lipinski definition) is 1. The molecule has 1 amide bonds. The van der Waals surface area contributed by atoms with Crippen molar-refractivity contribution in [1.29, 1.82) is 0 Å². The van der Waals surface area contributed by atoms with Crippen LogP contribution in [0.5, 0.6) is 0 Å². The molecule has 1 fully saturated rings. The largest absolute Gasteiger partial charge is 0.479 e. The average molecular weight is 513 g/mol. The first kappa shape index (κ1) is 22.5. The molecular formula is C23H32INO4. The van der Waals surface area contributed by atoms with E-state index >= 15 is 0 Å². The predicted octanol–water partition coefficient (Wildman–Crippen LogP) is 5.07. The SMILES string of the molecule is Cc1c(I)c(C(OC(C)(C)C)C(=O)O)c(C)c2c1CN(C1CCCCC1)C(=O)C2. The number of carboxylic acid groups (broad SMARTS) is 1. The number of aliphatic carboxylic acids is 1. The second-order valence-electron chi connectivity index (χ2n) is 9.37. The Morgan fingerprint density at radius 1 is 1.14 bits per heavy atom. The van der Waals surface area contributed by atoms with Gasteiger partial charge in [-0.3, -0.25) is 4.79 Å². The Morgan fingerprint density at radius 2 is 1.76 bits per heavy atom. The number of hydrogen-bond acceptors (Lipinski definition) is 3. The molecule has 1 aliphatic carbocycles. The lowest BCUT2D eigenvalue weighted by molar-refractivity contribution is -0.160. The quantitative estimate of drug-likeness (QED) is 0.572. The van der Waals surface area contributed by atoms with Crippen molar-refractivity contribution in [1.82, 2.24) is 4.90 Å². The van der Waals surface area contributed by atoms with Crippen LogP contribution in [-0.2, 0) is 27.3 Å². The molecule has 1 aromatic rings. The molecule has 0 spiro atoms. The van der Waals surface area contributed by atoms with E-state index in [1.165, 1.54) is 24.8 Å². The van der Waals surface area contributed by atoms with Crippen molar-refractivity contribution < 1.29 is 19.4 Å². The number of amides is 1. The van der Waals surface area contributed by atoms with Crippen LogP contribution in [0.4, 0.5) is 0 Å². The van der Waals surface area contributed by atoms with Crippen LogP contribution in [0, 0.1) is 17.4 Å². The molecular weight excluding hydrogens is 481 g/mol. The first-order valence-corrected chi connectivity index (χ1v) is 11.6. The normalized spacial score (nSPS) is 19.2. The average Bonchev–Trinajstić information content (AvgIpc) is 2.65. The highest BCUT2D eigenvalue weighted by atomic mass is 127. The van der Waals surface area contributed by atoms with Gasteiger partial charge in [0.05, 0.1) is 12.0 Å².